The molecule has 3 aromatic rings. The van der Waals surface area contributed by atoms with Crippen LogP contribution in [-0.4, -0.2) is 71.8 Å². The molecule has 0 unspecified atom stereocenters. The lowest BCUT2D eigenvalue weighted by Gasteiger charge is -2.35. The summed E-state index contributed by atoms with van der Waals surface area (Å²) in [4.78, 5) is 43.1. The third-order valence-electron chi connectivity index (χ3n) is 8.02. The van der Waals surface area contributed by atoms with Crippen LogP contribution in [0, 0.1) is 13.8 Å². The molecule has 0 atom stereocenters. The fourth-order valence-corrected chi connectivity index (χ4v) is 5.36. The van der Waals surface area contributed by atoms with Gasteiger partial charge in [0.15, 0.2) is 0 Å². The lowest BCUT2D eigenvalue weighted by molar-refractivity contribution is -0.137. The molecule has 7 nitrogen and oxygen atoms in total. The molecule has 3 aromatic carbocycles. The molecular weight excluding hydrogens is 547 g/mol. The van der Waals surface area contributed by atoms with Gasteiger partial charge in [-0.15, -0.1) is 0 Å². The van der Waals surface area contributed by atoms with Crippen LogP contribution < -0.4 is 4.74 Å². The Morgan fingerprint density at radius 3 is 2.05 bits per heavy atom. The summed E-state index contributed by atoms with van der Waals surface area (Å²) in [6.07, 6.45) is -3.92. The topological polar surface area (TPSA) is 70.2 Å². The van der Waals surface area contributed by atoms with E-state index in [1.807, 2.05) is 26.0 Å². The minimum absolute atomic E-state index is 0.252. The molecule has 0 aromatic heterocycles. The van der Waals surface area contributed by atoms with Crippen LogP contribution in [0.5, 0.6) is 5.75 Å². The second-order valence-electron chi connectivity index (χ2n) is 10.6. The molecular formula is C32H32F3N3O4. The summed E-state index contributed by atoms with van der Waals surface area (Å²) in [5.74, 6) is -0.0426. The zero-order chi connectivity index (χ0) is 30.0. The Morgan fingerprint density at radius 1 is 0.833 bits per heavy atom. The molecule has 220 valence electrons. The Bertz CT molecular complexity index is 1460. The van der Waals surface area contributed by atoms with Gasteiger partial charge in [0, 0.05) is 44.8 Å². The molecule has 2 aliphatic rings. The van der Waals surface area contributed by atoms with Gasteiger partial charge in [-0.25, -0.2) is 0 Å². The van der Waals surface area contributed by atoms with Gasteiger partial charge < -0.3 is 9.64 Å². The second kappa shape index (κ2) is 12.0. The summed E-state index contributed by atoms with van der Waals surface area (Å²) >= 11 is 0. The minimum atomic E-state index is -4.43. The number of hydrogen-bond donors (Lipinski definition) is 0. The highest BCUT2D eigenvalue weighted by molar-refractivity contribution is 6.21. The summed E-state index contributed by atoms with van der Waals surface area (Å²) < 4.78 is 44.5. The SMILES string of the molecule is Cc1c(CN2CCN(C(=O)c3ccc(C(F)(F)F)cc3)CC2)ccc(OCCCN2C(=O)c3ccccc3C2=O)c1C. The summed E-state index contributed by atoms with van der Waals surface area (Å²) in [5, 5.41) is 0. The average Bonchev–Trinajstić information content (AvgIpc) is 3.23. The first-order chi connectivity index (χ1) is 20.0. The van der Waals surface area contributed by atoms with E-state index >= 15 is 0 Å². The number of fused-ring (bicyclic) bond motifs is 1. The Morgan fingerprint density at radius 2 is 1.45 bits per heavy atom. The van der Waals surface area contributed by atoms with Crippen LogP contribution in [0.25, 0.3) is 0 Å². The normalized spacial score (nSPS) is 15.7. The number of rotatable bonds is 8. The molecule has 0 bridgehead atoms. The van der Waals surface area contributed by atoms with E-state index in [-0.39, 0.29) is 29.8 Å². The van der Waals surface area contributed by atoms with Crippen molar-refractivity contribution in [2.45, 2.75) is 33.0 Å². The molecule has 1 saturated heterocycles. The van der Waals surface area contributed by atoms with Crippen LogP contribution in [0.1, 0.15) is 59.7 Å². The predicted molar refractivity (Wildman–Crippen MR) is 150 cm³/mol. The standard InChI is InChI=1S/C32H32F3N3O4/c1-21-22(2)28(42-19-5-14-38-30(40)26-6-3-4-7-27(26)31(38)41)13-10-24(21)20-36-15-17-37(18-16-36)29(39)23-8-11-25(12-9-23)32(33,34)35/h3-4,6-13H,5,14-20H2,1-2H3. The number of amides is 3. The van der Waals surface area contributed by atoms with Gasteiger partial charge in [-0.1, -0.05) is 18.2 Å². The van der Waals surface area contributed by atoms with Crippen molar-refractivity contribution in [1.29, 1.82) is 0 Å². The molecule has 1 fully saturated rings. The number of ether oxygens (including phenoxy) is 1. The van der Waals surface area contributed by atoms with Gasteiger partial charge in [-0.3, -0.25) is 24.2 Å². The van der Waals surface area contributed by atoms with Crippen LogP contribution in [0.15, 0.2) is 60.7 Å². The molecule has 0 radical (unpaired) electrons. The lowest BCUT2D eigenvalue weighted by Crippen LogP contribution is -2.48. The number of halogens is 3. The number of carbonyl (C=O) groups excluding carboxylic acids is 3. The van der Waals surface area contributed by atoms with Gasteiger partial charge in [0.05, 0.1) is 23.3 Å². The maximum absolute atomic E-state index is 12.8. The molecule has 0 aliphatic carbocycles. The number of nitrogens with zero attached hydrogens (tertiary/aromatic N) is 3. The van der Waals surface area contributed by atoms with Crippen LogP contribution in [0.2, 0.25) is 0 Å². The van der Waals surface area contributed by atoms with E-state index in [2.05, 4.69) is 4.90 Å². The fourth-order valence-electron chi connectivity index (χ4n) is 5.36. The molecule has 0 N–H and O–H groups in total. The van der Waals surface area contributed by atoms with Crippen molar-refractivity contribution in [2.24, 2.45) is 0 Å². The zero-order valence-electron chi connectivity index (χ0n) is 23.5. The van der Waals surface area contributed by atoms with Crippen molar-refractivity contribution in [1.82, 2.24) is 14.7 Å². The summed E-state index contributed by atoms with van der Waals surface area (Å²) in [5.41, 5.74) is 3.64. The largest absolute Gasteiger partial charge is 0.493 e. The molecule has 2 heterocycles. The van der Waals surface area contributed by atoms with E-state index < -0.39 is 11.7 Å². The first-order valence-corrected chi connectivity index (χ1v) is 13.9. The van der Waals surface area contributed by atoms with Gasteiger partial charge in [0.2, 0.25) is 0 Å². The molecule has 0 spiro atoms. The molecule has 5 rings (SSSR count). The van der Waals surface area contributed by atoms with E-state index in [0.717, 1.165) is 34.6 Å². The fraction of sp³-hybridized carbons (Fsp3) is 0.344. The van der Waals surface area contributed by atoms with E-state index in [4.69, 9.17) is 4.74 Å². The average molecular weight is 580 g/mol. The van der Waals surface area contributed by atoms with Gasteiger partial charge in [0.25, 0.3) is 17.7 Å². The maximum atomic E-state index is 12.8. The third-order valence-corrected chi connectivity index (χ3v) is 8.02. The molecule has 3 amide bonds. The van der Waals surface area contributed by atoms with E-state index in [1.165, 1.54) is 17.0 Å². The van der Waals surface area contributed by atoms with Gasteiger partial charge in [-0.2, -0.15) is 13.2 Å². The third kappa shape index (κ3) is 6.04. The smallest absolute Gasteiger partial charge is 0.416 e. The quantitative estimate of drug-likeness (QED) is 0.266. The molecule has 0 saturated carbocycles. The number of hydrogen-bond acceptors (Lipinski definition) is 5. The van der Waals surface area contributed by atoms with Crippen molar-refractivity contribution in [3.63, 3.8) is 0 Å². The van der Waals surface area contributed by atoms with Crippen molar-refractivity contribution in [3.8, 4) is 5.75 Å². The number of carbonyl (C=O) groups is 3. The minimum Gasteiger partial charge on any atom is -0.493 e. The summed E-state index contributed by atoms with van der Waals surface area (Å²) in [7, 11) is 0. The van der Waals surface area contributed by atoms with Crippen LogP contribution in [-0.2, 0) is 12.7 Å². The van der Waals surface area contributed by atoms with Gasteiger partial charge >= 0.3 is 6.18 Å². The highest BCUT2D eigenvalue weighted by Crippen LogP contribution is 2.30. The number of piperazine rings is 1. The number of alkyl halides is 3. The number of imide groups is 1. The van der Waals surface area contributed by atoms with Crippen molar-refractivity contribution in [2.75, 3.05) is 39.3 Å². The Hall–Kier alpha value is -4.18. The molecule has 10 heteroatoms. The monoisotopic (exact) mass is 579 g/mol. The van der Waals surface area contributed by atoms with Gasteiger partial charge in [0.1, 0.15) is 5.75 Å². The Labute approximate surface area is 242 Å². The van der Waals surface area contributed by atoms with E-state index in [1.54, 1.807) is 29.2 Å². The first kappa shape index (κ1) is 29.3. The predicted octanol–water partition coefficient (Wildman–Crippen LogP) is 5.35. The lowest BCUT2D eigenvalue weighted by atomic mass is 10.0. The highest BCUT2D eigenvalue weighted by Gasteiger charge is 2.34. The van der Waals surface area contributed by atoms with Crippen LogP contribution in [0.3, 0.4) is 0 Å². The van der Waals surface area contributed by atoms with E-state index in [0.29, 0.717) is 56.9 Å². The van der Waals surface area contributed by atoms with Crippen LogP contribution >= 0.6 is 0 Å². The zero-order valence-corrected chi connectivity index (χ0v) is 23.5. The number of benzene rings is 3. The first-order valence-electron chi connectivity index (χ1n) is 13.9. The van der Waals surface area contributed by atoms with Crippen molar-refractivity contribution < 1.29 is 32.3 Å². The maximum Gasteiger partial charge on any atom is 0.416 e. The van der Waals surface area contributed by atoms with Crippen molar-refractivity contribution >= 4 is 17.7 Å². The molecule has 42 heavy (non-hydrogen) atoms. The second-order valence-corrected chi connectivity index (χ2v) is 10.6. The summed E-state index contributed by atoms with van der Waals surface area (Å²) in [6, 6.07) is 15.2. The van der Waals surface area contributed by atoms with Crippen LogP contribution in [0.4, 0.5) is 13.2 Å². The Balaban J connectivity index is 1.09. The molecule has 2 aliphatic heterocycles. The van der Waals surface area contributed by atoms with E-state index in [9.17, 15) is 27.6 Å². The van der Waals surface area contributed by atoms with Gasteiger partial charge in [-0.05, 0) is 79.4 Å². The summed E-state index contributed by atoms with van der Waals surface area (Å²) in [6.45, 7) is 7.69. The van der Waals surface area contributed by atoms with Crippen molar-refractivity contribution in [3.05, 3.63) is 99.6 Å². The highest BCUT2D eigenvalue weighted by atomic mass is 19.4. The Kier molecular flexibility index (Phi) is 8.36.